The smallest absolute Gasteiger partial charge is 0.0350 e. The van der Waals surface area contributed by atoms with Gasteiger partial charge >= 0.3 is 0 Å². The molecule has 2 heterocycles. The molecule has 0 N–H and O–H groups in total. The van der Waals surface area contributed by atoms with Crippen molar-refractivity contribution in [1.82, 2.24) is 9.97 Å². The maximum atomic E-state index is 4.68. The van der Waals surface area contributed by atoms with Crippen LogP contribution in [0.2, 0.25) is 0 Å². The van der Waals surface area contributed by atoms with Crippen LogP contribution in [0, 0.1) is 0 Å². The molecular weight excluding hydrogens is 316 g/mol. The van der Waals surface area contributed by atoms with E-state index in [-0.39, 0.29) is 10.8 Å². The fourth-order valence-electron chi connectivity index (χ4n) is 5.25. The summed E-state index contributed by atoms with van der Waals surface area (Å²) in [5, 5.41) is 0. The van der Waals surface area contributed by atoms with Gasteiger partial charge in [-0.25, -0.2) is 0 Å². The van der Waals surface area contributed by atoms with Crippen molar-refractivity contribution in [3.63, 3.8) is 0 Å². The van der Waals surface area contributed by atoms with E-state index < -0.39 is 0 Å². The average molecular weight is 351 g/mol. The highest BCUT2D eigenvalue weighted by Crippen LogP contribution is 2.54. The number of aryl methyl sites for hydroxylation is 1. The van der Waals surface area contributed by atoms with E-state index in [1.54, 1.807) is 0 Å². The summed E-state index contributed by atoms with van der Waals surface area (Å²) in [6.45, 7) is 14.0. The van der Waals surface area contributed by atoms with Crippen LogP contribution in [0.3, 0.4) is 0 Å². The van der Waals surface area contributed by atoms with E-state index in [0.717, 1.165) is 12.8 Å². The lowest BCUT2D eigenvalue weighted by Crippen LogP contribution is -2.22. The van der Waals surface area contributed by atoms with Crippen LogP contribution in [0.1, 0.15) is 89.5 Å². The molecule has 1 aliphatic carbocycles. The summed E-state index contributed by atoms with van der Waals surface area (Å²) in [5.41, 5.74) is 8.83. The predicted octanol–water partition coefficient (Wildman–Crippen LogP) is 6.40. The first kappa shape index (κ1) is 19.1. The zero-order valence-corrected chi connectivity index (χ0v) is 17.4. The van der Waals surface area contributed by atoms with Crippen LogP contribution in [-0.4, -0.2) is 9.97 Å². The van der Waals surface area contributed by atoms with Crippen LogP contribution in [-0.2, 0) is 23.7 Å². The van der Waals surface area contributed by atoms with E-state index >= 15 is 0 Å². The molecule has 0 spiro atoms. The van der Waals surface area contributed by atoms with Crippen molar-refractivity contribution in [1.29, 1.82) is 0 Å². The van der Waals surface area contributed by atoms with Crippen molar-refractivity contribution in [3.8, 4) is 11.1 Å². The van der Waals surface area contributed by atoms with Gasteiger partial charge in [0.2, 0.25) is 0 Å². The van der Waals surface area contributed by atoms with Gasteiger partial charge in [0.1, 0.15) is 0 Å². The Bertz CT molecular complexity index is 791. The van der Waals surface area contributed by atoms with Gasteiger partial charge in [-0.3, -0.25) is 9.97 Å². The first-order valence-corrected chi connectivity index (χ1v) is 10.3. The van der Waals surface area contributed by atoms with Gasteiger partial charge in [0, 0.05) is 35.9 Å². The van der Waals surface area contributed by atoms with Gasteiger partial charge in [0.25, 0.3) is 0 Å². The van der Waals surface area contributed by atoms with Gasteiger partial charge < -0.3 is 0 Å². The van der Waals surface area contributed by atoms with Crippen molar-refractivity contribution >= 4 is 0 Å². The molecule has 0 aliphatic heterocycles. The Kier molecular flexibility index (Phi) is 5.23. The quantitative estimate of drug-likeness (QED) is 0.602. The molecule has 26 heavy (non-hydrogen) atoms. The third-order valence-electron chi connectivity index (χ3n) is 6.36. The molecule has 2 aromatic heterocycles. The highest BCUT2D eigenvalue weighted by Gasteiger charge is 2.46. The highest BCUT2D eigenvalue weighted by atomic mass is 14.7. The average Bonchev–Trinajstić information content (AvgIpc) is 2.85. The van der Waals surface area contributed by atoms with E-state index in [2.05, 4.69) is 70.1 Å². The molecule has 2 heteroatoms. The molecule has 0 amide bonds. The van der Waals surface area contributed by atoms with Gasteiger partial charge in [-0.15, -0.1) is 0 Å². The molecule has 140 valence electrons. The van der Waals surface area contributed by atoms with Gasteiger partial charge in [-0.2, -0.15) is 0 Å². The molecule has 0 saturated carbocycles. The largest absolute Gasteiger partial charge is 0.264 e. The number of rotatable bonds is 6. The Balaban J connectivity index is 2.26. The maximum absolute atomic E-state index is 4.68. The van der Waals surface area contributed by atoms with E-state index in [1.807, 2.05) is 6.20 Å². The Morgan fingerprint density at radius 2 is 1.58 bits per heavy atom. The van der Waals surface area contributed by atoms with Crippen LogP contribution in [0.15, 0.2) is 24.8 Å². The molecule has 1 aliphatic rings. The molecule has 0 fully saturated rings. The van der Waals surface area contributed by atoms with Gasteiger partial charge in [-0.1, -0.05) is 54.4 Å². The van der Waals surface area contributed by atoms with Crippen molar-refractivity contribution in [2.45, 2.75) is 90.9 Å². The third-order valence-corrected chi connectivity index (χ3v) is 6.36. The van der Waals surface area contributed by atoms with Gasteiger partial charge in [-0.05, 0) is 58.8 Å². The topological polar surface area (TPSA) is 25.8 Å². The lowest BCUT2D eigenvalue weighted by molar-refractivity contribution is 0.347. The minimum Gasteiger partial charge on any atom is -0.264 e. The molecule has 2 nitrogen and oxygen atoms in total. The fraction of sp³-hybridized carbons (Fsp3) is 0.583. The number of unbranched alkanes of at least 4 members (excludes halogenated alkanes) is 1. The van der Waals surface area contributed by atoms with E-state index in [4.69, 9.17) is 0 Å². The van der Waals surface area contributed by atoms with Crippen molar-refractivity contribution in [2.75, 3.05) is 0 Å². The zero-order valence-electron chi connectivity index (χ0n) is 17.4. The molecule has 1 unspecified atom stereocenters. The molecule has 0 radical (unpaired) electrons. The summed E-state index contributed by atoms with van der Waals surface area (Å²) >= 11 is 0. The fourth-order valence-corrected chi connectivity index (χ4v) is 5.25. The minimum absolute atomic E-state index is 0.184. The SMILES string of the molecule is CCCCC1(C)CC(C)(C)c2cncc(-c3cncc(CC)c3CC)c21. The first-order valence-electron chi connectivity index (χ1n) is 10.3. The maximum Gasteiger partial charge on any atom is 0.0350 e. The molecule has 0 aromatic carbocycles. The summed E-state index contributed by atoms with van der Waals surface area (Å²) in [7, 11) is 0. The van der Waals surface area contributed by atoms with Crippen molar-refractivity contribution in [2.24, 2.45) is 0 Å². The van der Waals surface area contributed by atoms with Crippen LogP contribution in [0.4, 0.5) is 0 Å². The highest BCUT2D eigenvalue weighted by molar-refractivity contribution is 5.74. The second-order valence-electron chi connectivity index (χ2n) is 8.87. The zero-order chi connectivity index (χ0) is 18.9. The van der Waals surface area contributed by atoms with Crippen LogP contribution >= 0.6 is 0 Å². The van der Waals surface area contributed by atoms with Gasteiger partial charge in [0.05, 0.1) is 0 Å². The third kappa shape index (κ3) is 3.08. The van der Waals surface area contributed by atoms with Crippen LogP contribution in [0.25, 0.3) is 11.1 Å². The number of pyridine rings is 2. The summed E-state index contributed by atoms with van der Waals surface area (Å²) < 4.78 is 0. The van der Waals surface area contributed by atoms with Crippen molar-refractivity contribution < 1.29 is 0 Å². The number of hydrogen-bond acceptors (Lipinski definition) is 2. The lowest BCUT2D eigenvalue weighted by atomic mass is 9.75. The monoisotopic (exact) mass is 350 g/mol. The summed E-state index contributed by atoms with van der Waals surface area (Å²) in [6, 6.07) is 0. The number of nitrogens with zero attached hydrogens (tertiary/aromatic N) is 2. The number of fused-ring (bicyclic) bond motifs is 1. The Morgan fingerprint density at radius 3 is 2.23 bits per heavy atom. The van der Waals surface area contributed by atoms with Gasteiger partial charge in [0.15, 0.2) is 0 Å². The molecule has 3 rings (SSSR count). The summed E-state index contributed by atoms with van der Waals surface area (Å²) in [4.78, 5) is 9.26. The molecule has 1 atom stereocenters. The van der Waals surface area contributed by atoms with Crippen LogP contribution in [0.5, 0.6) is 0 Å². The van der Waals surface area contributed by atoms with E-state index in [0.29, 0.717) is 0 Å². The molecule has 2 aromatic rings. The summed E-state index contributed by atoms with van der Waals surface area (Å²) in [6.07, 6.45) is 15.4. The Morgan fingerprint density at radius 1 is 0.885 bits per heavy atom. The van der Waals surface area contributed by atoms with E-state index in [1.165, 1.54) is 59.1 Å². The normalized spacial score (nSPS) is 21.0. The second kappa shape index (κ2) is 7.13. The molecule has 0 bridgehead atoms. The number of hydrogen-bond donors (Lipinski definition) is 0. The number of aromatic nitrogens is 2. The van der Waals surface area contributed by atoms with Crippen LogP contribution < -0.4 is 0 Å². The Hall–Kier alpha value is -1.70. The van der Waals surface area contributed by atoms with E-state index in [9.17, 15) is 0 Å². The Labute approximate surface area is 159 Å². The minimum atomic E-state index is 0.184. The molecule has 0 saturated heterocycles. The lowest BCUT2D eigenvalue weighted by Gasteiger charge is -2.29. The standard InChI is InChI=1S/C24H34N2/c1-7-10-11-24(6)16-23(4,5)21-15-26-14-20(22(21)24)19-13-25-12-17(8-2)18(19)9-3/h12-15H,7-11,16H2,1-6H3. The predicted molar refractivity (Wildman–Crippen MR) is 111 cm³/mol. The second-order valence-corrected chi connectivity index (χ2v) is 8.87. The molecular formula is C24H34N2. The van der Waals surface area contributed by atoms with Crippen molar-refractivity contribution in [3.05, 3.63) is 47.0 Å². The summed E-state index contributed by atoms with van der Waals surface area (Å²) in [5.74, 6) is 0. The first-order chi connectivity index (χ1) is 12.4.